The van der Waals surface area contributed by atoms with E-state index in [0.717, 1.165) is 29.9 Å². The number of carbonyl (C=O) groups is 1. The molecule has 0 aromatic heterocycles. The van der Waals surface area contributed by atoms with E-state index >= 15 is 0 Å². The molecule has 2 aromatic carbocycles. The van der Waals surface area contributed by atoms with Crippen LogP contribution >= 0.6 is 15.9 Å². The lowest BCUT2D eigenvalue weighted by Crippen LogP contribution is -2.33. The summed E-state index contributed by atoms with van der Waals surface area (Å²) in [6.07, 6.45) is 3.55. The van der Waals surface area contributed by atoms with Crippen LogP contribution in [-0.4, -0.2) is 32.8 Å². The van der Waals surface area contributed by atoms with E-state index in [1.807, 2.05) is 44.2 Å². The van der Waals surface area contributed by atoms with Gasteiger partial charge in [-0.3, -0.25) is 14.5 Å². The standard InChI is InChI=1S/C31H37BrN4O4S/c1-5-8-20-13-26-30(28(37)14-20)29(24(17-33)19(3)35-26)22-15-25(32)31(27(16-22)36-41(38,39)11-6-2)34-18-21-9-7-10-23(12-21)40-4/h7,9-10,12,15-16,20,24,29,34,36H,5-6,8,11,13-14,18H2,1-4H3. The van der Waals surface area contributed by atoms with Gasteiger partial charge in [0.2, 0.25) is 10.0 Å². The summed E-state index contributed by atoms with van der Waals surface area (Å²) in [5.74, 6) is -0.220. The van der Waals surface area contributed by atoms with Crippen molar-refractivity contribution in [3.8, 4) is 11.8 Å². The van der Waals surface area contributed by atoms with E-state index in [9.17, 15) is 18.5 Å². The van der Waals surface area contributed by atoms with Crippen molar-refractivity contribution in [1.82, 2.24) is 0 Å². The average Bonchev–Trinajstić information content (AvgIpc) is 2.91. The topological polar surface area (TPSA) is 121 Å². The first-order chi connectivity index (χ1) is 19.6. The molecule has 2 aliphatic rings. The summed E-state index contributed by atoms with van der Waals surface area (Å²) < 4.78 is 34.6. The minimum atomic E-state index is -3.64. The summed E-state index contributed by atoms with van der Waals surface area (Å²) in [7, 11) is -2.03. The van der Waals surface area contributed by atoms with Crippen LogP contribution in [0.4, 0.5) is 11.4 Å². The van der Waals surface area contributed by atoms with Crippen molar-refractivity contribution in [1.29, 1.82) is 5.26 Å². The molecule has 0 saturated heterocycles. The number of nitrogens with one attached hydrogen (secondary N) is 2. The molecular formula is C31H37BrN4O4S. The highest BCUT2D eigenvalue weighted by atomic mass is 79.9. The van der Waals surface area contributed by atoms with Crippen molar-refractivity contribution >= 4 is 48.8 Å². The molecule has 0 amide bonds. The number of halogens is 1. The molecule has 0 bridgehead atoms. The molecule has 2 N–H and O–H groups in total. The number of ketones is 1. The Hall–Kier alpha value is -3.16. The van der Waals surface area contributed by atoms with Crippen molar-refractivity contribution in [3.63, 3.8) is 0 Å². The number of rotatable bonds is 11. The number of nitriles is 1. The van der Waals surface area contributed by atoms with Crippen LogP contribution in [0.3, 0.4) is 0 Å². The largest absolute Gasteiger partial charge is 0.497 e. The van der Waals surface area contributed by atoms with Crippen molar-refractivity contribution in [2.45, 2.75) is 65.3 Å². The third-order valence-corrected chi connectivity index (χ3v) is 9.72. The fourth-order valence-corrected chi connectivity index (χ4v) is 7.56. The number of benzene rings is 2. The van der Waals surface area contributed by atoms with Crippen molar-refractivity contribution in [3.05, 3.63) is 63.3 Å². The first-order valence-corrected chi connectivity index (χ1v) is 16.5. The molecule has 1 heterocycles. The molecule has 8 nitrogen and oxygen atoms in total. The predicted molar refractivity (Wildman–Crippen MR) is 167 cm³/mol. The number of hydrogen-bond donors (Lipinski definition) is 2. The number of carbonyl (C=O) groups excluding carboxylic acids is 1. The summed E-state index contributed by atoms with van der Waals surface area (Å²) in [4.78, 5) is 18.3. The SMILES string of the molecule is CCCC1CC(=O)C2=C(C1)N=C(C)C(C#N)C2c1cc(Br)c(NCc2cccc(OC)c2)c(NS(=O)(=O)CCC)c1. The van der Waals surface area contributed by atoms with Crippen LogP contribution < -0.4 is 14.8 Å². The van der Waals surface area contributed by atoms with Crippen molar-refractivity contribution in [2.75, 3.05) is 22.9 Å². The molecule has 3 unspecified atom stereocenters. The highest BCUT2D eigenvalue weighted by Crippen LogP contribution is 2.47. The Bertz CT molecular complexity index is 1530. The zero-order valence-corrected chi connectivity index (χ0v) is 26.4. The fourth-order valence-electron chi connectivity index (χ4n) is 5.80. The van der Waals surface area contributed by atoms with E-state index in [-0.39, 0.29) is 17.5 Å². The first kappa shape index (κ1) is 30.8. The van der Waals surface area contributed by atoms with Crippen LogP contribution in [-0.2, 0) is 21.4 Å². The lowest BCUT2D eigenvalue weighted by molar-refractivity contribution is -0.117. The molecule has 0 saturated carbocycles. The summed E-state index contributed by atoms with van der Waals surface area (Å²) in [5, 5.41) is 13.6. The van der Waals surface area contributed by atoms with Gasteiger partial charge in [-0.25, -0.2) is 8.42 Å². The van der Waals surface area contributed by atoms with E-state index in [4.69, 9.17) is 9.73 Å². The Kier molecular flexibility index (Phi) is 9.92. The Labute approximate surface area is 251 Å². The van der Waals surface area contributed by atoms with Crippen molar-refractivity contribution in [2.24, 2.45) is 16.8 Å². The van der Waals surface area contributed by atoms with Crippen LogP contribution in [0.25, 0.3) is 0 Å². The highest BCUT2D eigenvalue weighted by molar-refractivity contribution is 9.10. The third-order valence-electron chi connectivity index (χ3n) is 7.62. The van der Waals surface area contributed by atoms with Gasteiger partial charge in [0.1, 0.15) is 5.75 Å². The first-order valence-electron chi connectivity index (χ1n) is 14.0. The van der Waals surface area contributed by atoms with Gasteiger partial charge in [0.05, 0.1) is 36.2 Å². The number of hydrogen-bond acceptors (Lipinski definition) is 7. The molecular weight excluding hydrogens is 604 g/mol. The normalized spacial score (nSPS) is 20.6. The number of ether oxygens (including phenoxy) is 1. The summed E-state index contributed by atoms with van der Waals surface area (Å²) in [5.41, 5.74) is 4.59. The van der Waals surface area contributed by atoms with E-state index in [0.29, 0.717) is 58.5 Å². The minimum absolute atomic E-state index is 0.0238. The monoisotopic (exact) mass is 640 g/mol. The maximum absolute atomic E-state index is 13.5. The molecule has 1 aliphatic carbocycles. The van der Waals surface area contributed by atoms with Crippen LogP contribution in [0.15, 0.2) is 57.1 Å². The van der Waals surface area contributed by atoms with Gasteiger partial charge in [-0.05, 0) is 83.4 Å². The predicted octanol–water partition coefficient (Wildman–Crippen LogP) is 6.95. The Morgan fingerprint density at radius 3 is 2.63 bits per heavy atom. The lowest BCUT2D eigenvalue weighted by atomic mass is 9.70. The number of anilines is 2. The van der Waals surface area contributed by atoms with Crippen LogP contribution in [0.2, 0.25) is 0 Å². The van der Waals surface area contributed by atoms with E-state index in [1.165, 1.54) is 0 Å². The second-order valence-corrected chi connectivity index (χ2v) is 13.4. The smallest absolute Gasteiger partial charge is 0.232 e. The van der Waals surface area contributed by atoms with Gasteiger partial charge in [-0.2, -0.15) is 5.26 Å². The quantitative estimate of drug-likeness (QED) is 0.274. The van der Waals surface area contributed by atoms with E-state index in [1.54, 1.807) is 13.2 Å². The van der Waals surface area contributed by atoms with E-state index in [2.05, 4.69) is 39.0 Å². The van der Waals surface area contributed by atoms with Crippen LogP contribution in [0.5, 0.6) is 5.75 Å². The number of aliphatic imine (C=N–C) groups is 1. The van der Waals surface area contributed by atoms with Gasteiger partial charge in [0.25, 0.3) is 0 Å². The molecule has 10 heteroatoms. The van der Waals surface area contributed by atoms with E-state index < -0.39 is 21.9 Å². The average molecular weight is 642 g/mol. The van der Waals surface area contributed by atoms with Crippen LogP contribution in [0, 0.1) is 23.2 Å². The molecule has 1 aliphatic heterocycles. The molecule has 4 rings (SSSR count). The van der Waals surface area contributed by atoms with Gasteiger partial charge in [-0.15, -0.1) is 0 Å². The van der Waals surface area contributed by atoms with Crippen LogP contribution in [0.1, 0.15) is 69.9 Å². The maximum Gasteiger partial charge on any atom is 0.232 e. The van der Waals surface area contributed by atoms with Gasteiger partial charge in [-0.1, -0.05) is 32.4 Å². The van der Waals surface area contributed by atoms with Crippen molar-refractivity contribution < 1.29 is 17.9 Å². The third kappa shape index (κ3) is 7.02. The molecule has 41 heavy (non-hydrogen) atoms. The fraction of sp³-hybridized carbons (Fsp3) is 0.452. The Morgan fingerprint density at radius 1 is 1.17 bits per heavy atom. The molecule has 0 fully saturated rings. The summed E-state index contributed by atoms with van der Waals surface area (Å²) >= 11 is 3.67. The number of nitrogens with zero attached hydrogens (tertiary/aromatic N) is 2. The van der Waals surface area contributed by atoms with Gasteiger partial charge >= 0.3 is 0 Å². The second kappa shape index (κ2) is 13.2. The summed E-state index contributed by atoms with van der Waals surface area (Å²) in [6, 6.07) is 13.6. The second-order valence-electron chi connectivity index (χ2n) is 10.7. The molecule has 0 radical (unpaired) electrons. The lowest BCUT2D eigenvalue weighted by Gasteiger charge is -2.35. The Morgan fingerprint density at radius 2 is 1.95 bits per heavy atom. The molecule has 3 atom stereocenters. The molecule has 0 spiro atoms. The molecule has 2 aromatic rings. The number of allylic oxidation sites excluding steroid dienone is 2. The Balaban J connectivity index is 1.80. The molecule has 218 valence electrons. The summed E-state index contributed by atoms with van der Waals surface area (Å²) in [6.45, 7) is 6.17. The van der Waals surface area contributed by atoms with Gasteiger partial charge < -0.3 is 10.1 Å². The number of methoxy groups -OCH3 is 1. The van der Waals surface area contributed by atoms with Gasteiger partial charge in [0, 0.05) is 40.3 Å². The minimum Gasteiger partial charge on any atom is -0.497 e. The zero-order valence-electron chi connectivity index (χ0n) is 24.0. The number of Topliss-reactive ketones (excluding diaryl/α,β-unsaturated/α-hetero) is 1. The zero-order chi connectivity index (χ0) is 29.7. The van der Waals surface area contributed by atoms with Gasteiger partial charge in [0.15, 0.2) is 5.78 Å². The highest BCUT2D eigenvalue weighted by Gasteiger charge is 2.41. The number of sulfonamides is 1. The maximum atomic E-state index is 13.5.